The molecule has 0 saturated carbocycles. The highest BCUT2D eigenvalue weighted by Gasteiger charge is 2.22. The van der Waals surface area contributed by atoms with Gasteiger partial charge in [0, 0.05) is 11.3 Å². The number of aromatic hydroxyl groups is 1. The average molecular weight is 382 g/mol. The van der Waals surface area contributed by atoms with Gasteiger partial charge < -0.3 is 15.7 Å². The average Bonchev–Trinajstić information content (AvgIpc) is 2.75. The largest absolute Gasteiger partial charge is 0.508 e. The summed E-state index contributed by atoms with van der Waals surface area (Å²) in [5, 5.41) is 18.5. The van der Waals surface area contributed by atoms with Gasteiger partial charge in [-0.1, -0.05) is 78.4 Å². The van der Waals surface area contributed by atoms with Crippen molar-refractivity contribution in [3.05, 3.63) is 108 Å². The highest BCUT2D eigenvalue weighted by atomic mass is 16.3. The van der Waals surface area contributed by atoms with Gasteiger partial charge in [-0.2, -0.15) is 0 Å². The van der Waals surface area contributed by atoms with Gasteiger partial charge in [0.15, 0.2) is 0 Å². The normalized spacial score (nSPS) is 11.8. The third kappa shape index (κ3) is 4.06. The molecule has 4 heteroatoms. The molecule has 29 heavy (non-hydrogen) atoms. The third-order valence-corrected chi connectivity index (χ3v) is 4.95. The monoisotopic (exact) mass is 382 g/mol. The fourth-order valence-electron chi connectivity index (χ4n) is 3.49. The molecule has 0 bridgehead atoms. The Balaban J connectivity index is 1.73. The van der Waals surface area contributed by atoms with Crippen LogP contribution in [0.2, 0.25) is 0 Å². The molecule has 0 radical (unpaired) electrons. The van der Waals surface area contributed by atoms with Crippen molar-refractivity contribution < 1.29 is 9.90 Å². The summed E-state index contributed by atoms with van der Waals surface area (Å²) < 4.78 is 0. The number of urea groups is 1. The molecule has 0 aliphatic rings. The van der Waals surface area contributed by atoms with Gasteiger partial charge in [0.1, 0.15) is 5.75 Å². The molecule has 0 heterocycles. The number of anilines is 1. The van der Waals surface area contributed by atoms with Crippen LogP contribution in [0.15, 0.2) is 91.0 Å². The number of phenolic OH excluding ortho intramolecular Hbond substituents is 1. The van der Waals surface area contributed by atoms with Crippen LogP contribution in [0.5, 0.6) is 5.75 Å². The Bertz CT molecular complexity index is 1140. The molecule has 0 aliphatic heterocycles. The number of carbonyl (C=O) groups is 1. The molecule has 144 valence electrons. The zero-order chi connectivity index (χ0) is 20.2. The third-order valence-electron chi connectivity index (χ3n) is 4.95. The van der Waals surface area contributed by atoms with E-state index in [1.165, 1.54) is 0 Å². The van der Waals surface area contributed by atoms with E-state index in [9.17, 15) is 9.90 Å². The van der Waals surface area contributed by atoms with Gasteiger partial charge in [0.25, 0.3) is 0 Å². The van der Waals surface area contributed by atoms with Crippen LogP contribution in [0, 0.1) is 6.92 Å². The predicted octanol–water partition coefficient (Wildman–Crippen LogP) is 5.76. The van der Waals surface area contributed by atoms with Crippen molar-refractivity contribution in [1.29, 1.82) is 0 Å². The lowest BCUT2D eigenvalue weighted by Crippen LogP contribution is -2.33. The van der Waals surface area contributed by atoms with Gasteiger partial charge >= 0.3 is 6.03 Å². The smallest absolute Gasteiger partial charge is 0.319 e. The van der Waals surface area contributed by atoms with Gasteiger partial charge in [-0.25, -0.2) is 4.79 Å². The van der Waals surface area contributed by atoms with Crippen molar-refractivity contribution in [2.45, 2.75) is 13.0 Å². The van der Waals surface area contributed by atoms with Crippen LogP contribution in [-0.4, -0.2) is 11.1 Å². The zero-order valence-electron chi connectivity index (χ0n) is 16.1. The van der Waals surface area contributed by atoms with Crippen LogP contribution in [0.25, 0.3) is 10.8 Å². The lowest BCUT2D eigenvalue weighted by atomic mass is 9.93. The summed E-state index contributed by atoms with van der Waals surface area (Å²) in [5.41, 5.74) is 3.40. The van der Waals surface area contributed by atoms with E-state index < -0.39 is 6.04 Å². The Morgan fingerprint density at radius 3 is 2.28 bits per heavy atom. The lowest BCUT2D eigenvalue weighted by molar-refractivity contribution is 0.250. The molecule has 4 aromatic rings. The lowest BCUT2D eigenvalue weighted by Gasteiger charge is -2.23. The Labute approximate surface area is 169 Å². The van der Waals surface area contributed by atoms with Crippen molar-refractivity contribution in [2.75, 3.05) is 5.32 Å². The second-order valence-electron chi connectivity index (χ2n) is 7.03. The molecule has 0 spiro atoms. The molecular weight excluding hydrogens is 360 g/mol. The van der Waals surface area contributed by atoms with E-state index >= 15 is 0 Å². The summed E-state index contributed by atoms with van der Waals surface area (Å²) >= 11 is 0. The van der Waals surface area contributed by atoms with E-state index in [1.807, 2.05) is 91.9 Å². The summed E-state index contributed by atoms with van der Waals surface area (Å²) in [6.45, 7) is 2.00. The maximum absolute atomic E-state index is 12.8. The van der Waals surface area contributed by atoms with E-state index in [4.69, 9.17) is 0 Å². The number of fused-ring (bicyclic) bond motifs is 1. The SMILES string of the molecule is Cc1ccc(NC(=O)N[C@@H](c2ccccc2)c2c(O)ccc3ccccc23)cc1. The highest BCUT2D eigenvalue weighted by molar-refractivity contribution is 5.92. The molecular formula is C25H22N2O2. The zero-order valence-corrected chi connectivity index (χ0v) is 16.1. The summed E-state index contributed by atoms with van der Waals surface area (Å²) in [6, 6.07) is 27.8. The van der Waals surface area contributed by atoms with Crippen molar-refractivity contribution in [2.24, 2.45) is 0 Å². The fraction of sp³-hybridized carbons (Fsp3) is 0.0800. The van der Waals surface area contributed by atoms with Crippen molar-refractivity contribution in [3.63, 3.8) is 0 Å². The first kappa shape index (κ1) is 18.6. The Morgan fingerprint density at radius 2 is 1.52 bits per heavy atom. The Kier molecular flexibility index (Phi) is 5.16. The van der Waals surface area contributed by atoms with E-state index in [2.05, 4.69) is 10.6 Å². The topological polar surface area (TPSA) is 61.4 Å². The van der Waals surface area contributed by atoms with E-state index in [-0.39, 0.29) is 11.8 Å². The van der Waals surface area contributed by atoms with Crippen LogP contribution in [0.3, 0.4) is 0 Å². The van der Waals surface area contributed by atoms with Gasteiger partial charge in [-0.15, -0.1) is 0 Å². The standard InChI is InChI=1S/C25H22N2O2/c1-17-11-14-20(15-12-17)26-25(29)27-24(19-8-3-2-4-9-19)23-21-10-6-5-7-18(21)13-16-22(23)28/h2-16,24,28H,1H3,(H2,26,27,29)/t24-/m0/s1. The number of nitrogens with one attached hydrogen (secondary N) is 2. The summed E-state index contributed by atoms with van der Waals surface area (Å²) in [5.74, 6) is 0.146. The van der Waals surface area contributed by atoms with E-state index in [0.29, 0.717) is 11.3 Å². The summed E-state index contributed by atoms with van der Waals surface area (Å²) in [4.78, 5) is 12.8. The highest BCUT2D eigenvalue weighted by Crippen LogP contribution is 2.35. The van der Waals surface area contributed by atoms with Crippen molar-refractivity contribution in [3.8, 4) is 5.75 Å². The van der Waals surface area contributed by atoms with Gasteiger partial charge in [-0.05, 0) is 41.5 Å². The van der Waals surface area contributed by atoms with Gasteiger partial charge in [-0.3, -0.25) is 0 Å². The van der Waals surface area contributed by atoms with Crippen LogP contribution >= 0.6 is 0 Å². The van der Waals surface area contributed by atoms with Crippen LogP contribution in [-0.2, 0) is 0 Å². The molecule has 3 N–H and O–H groups in total. The first-order valence-electron chi connectivity index (χ1n) is 9.51. The van der Waals surface area contributed by atoms with E-state index in [0.717, 1.165) is 21.9 Å². The molecule has 4 nitrogen and oxygen atoms in total. The van der Waals surface area contributed by atoms with Crippen LogP contribution in [0.4, 0.5) is 10.5 Å². The quantitative estimate of drug-likeness (QED) is 0.420. The fourth-order valence-corrected chi connectivity index (χ4v) is 3.49. The number of carbonyl (C=O) groups excluding carboxylic acids is 1. The number of benzene rings is 4. The van der Waals surface area contributed by atoms with E-state index in [1.54, 1.807) is 6.07 Å². The molecule has 0 unspecified atom stereocenters. The molecule has 2 amide bonds. The summed E-state index contributed by atoms with van der Waals surface area (Å²) in [7, 11) is 0. The maximum Gasteiger partial charge on any atom is 0.319 e. The van der Waals surface area contributed by atoms with Crippen LogP contribution < -0.4 is 10.6 Å². The molecule has 4 rings (SSSR count). The number of hydrogen-bond acceptors (Lipinski definition) is 2. The summed E-state index contributed by atoms with van der Waals surface area (Å²) in [6.07, 6.45) is 0. The number of hydrogen-bond donors (Lipinski definition) is 3. The predicted molar refractivity (Wildman–Crippen MR) is 117 cm³/mol. The second kappa shape index (κ2) is 8.07. The molecule has 0 aromatic heterocycles. The Hall–Kier alpha value is -3.79. The number of aryl methyl sites for hydroxylation is 1. The Morgan fingerprint density at radius 1 is 0.828 bits per heavy atom. The minimum Gasteiger partial charge on any atom is -0.508 e. The van der Waals surface area contributed by atoms with Crippen LogP contribution in [0.1, 0.15) is 22.7 Å². The molecule has 0 aliphatic carbocycles. The van der Waals surface area contributed by atoms with Crippen molar-refractivity contribution in [1.82, 2.24) is 5.32 Å². The first-order valence-corrected chi connectivity index (χ1v) is 9.51. The van der Waals surface area contributed by atoms with Gasteiger partial charge in [0.2, 0.25) is 0 Å². The minimum absolute atomic E-state index is 0.146. The first-order chi connectivity index (χ1) is 14.1. The molecule has 1 atom stereocenters. The number of phenols is 1. The maximum atomic E-state index is 12.8. The van der Waals surface area contributed by atoms with Crippen molar-refractivity contribution >= 4 is 22.5 Å². The number of amides is 2. The number of rotatable bonds is 4. The molecule has 4 aromatic carbocycles. The minimum atomic E-state index is -0.507. The molecule has 0 saturated heterocycles. The molecule has 0 fully saturated rings. The second-order valence-corrected chi connectivity index (χ2v) is 7.03. The van der Waals surface area contributed by atoms with Gasteiger partial charge in [0.05, 0.1) is 6.04 Å².